The molecule has 0 N–H and O–H groups in total. The number of halogens is 3. The average Bonchev–Trinajstić information content (AvgIpc) is 2.70. The van der Waals surface area contributed by atoms with Gasteiger partial charge in [0, 0.05) is 15.7 Å². The smallest absolute Gasteiger partial charge is 0.175 e. The number of aryl methyl sites for hydroxylation is 1. The number of hydrogen-bond acceptors (Lipinski definition) is 3. The number of rotatable bonds is 7. The molecule has 0 heterocycles. The van der Waals surface area contributed by atoms with E-state index in [1.54, 1.807) is 0 Å². The molecule has 3 aromatic carbocycles. The summed E-state index contributed by atoms with van der Waals surface area (Å²) in [7, 11) is 0. The quantitative estimate of drug-likeness (QED) is 0.210. The van der Waals surface area contributed by atoms with E-state index in [1.165, 1.54) is 0 Å². The molecule has 0 amide bonds. The van der Waals surface area contributed by atoms with Gasteiger partial charge < -0.3 is 9.47 Å². The lowest BCUT2D eigenvalue weighted by Gasteiger charge is -2.15. The van der Waals surface area contributed by atoms with Crippen LogP contribution in [0.3, 0.4) is 0 Å². The summed E-state index contributed by atoms with van der Waals surface area (Å²) in [5, 5.41) is 0.709. The van der Waals surface area contributed by atoms with Crippen molar-refractivity contribution >= 4 is 62.0 Å². The fourth-order valence-electron chi connectivity index (χ4n) is 2.61. The van der Waals surface area contributed by atoms with Crippen molar-refractivity contribution in [2.75, 3.05) is 6.61 Å². The molecule has 0 aliphatic heterocycles. The van der Waals surface area contributed by atoms with Crippen LogP contribution < -0.4 is 9.47 Å². The molecule has 0 bridgehead atoms. The molecule has 150 valence electrons. The van der Waals surface area contributed by atoms with Crippen LogP contribution in [0.25, 0.3) is 0 Å². The molecule has 0 fully saturated rings. The van der Waals surface area contributed by atoms with Crippen molar-refractivity contribution in [3.8, 4) is 11.5 Å². The van der Waals surface area contributed by atoms with Crippen LogP contribution in [0.5, 0.6) is 11.5 Å². The van der Waals surface area contributed by atoms with Crippen LogP contribution in [0.1, 0.15) is 23.6 Å². The number of hydrogen-bond donors (Lipinski definition) is 0. The minimum absolute atomic E-state index is 0.471. The highest BCUT2D eigenvalue weighted by Gasteiger charge is 2.12. The van der Waals surface area contributed by atoms with E-state index in [2.05, 4.69) is 43.5 Å². The monoisotopic (exact) mass is 583 g/mol. The van der Waals surface area contributed by atoms with E-state index in [-0.39, 0.29) is 0 Å². The Labute approximate surface area is 198 Å². The summed E-state index contributed by atoms with van der Waals surface area (Å²) < 4.78 is 13.9. The van der Waals surface area contributed by atoms with Gasteiger partial charge in [0.25, 0.3) is 0 Å². The Morgan fingerprint density at radius 2 is 1.83 bits per heavy atom. The molecule has 0 aromatic heterocycles. The van der Waals surface area contributed by atoms with Crippen molar-refractivity contribution in [2.24, 2.45) is 4.99 Å². The summed E-state index contributed by atoms with van der Waals surface area (Å²) in [5.41, 5.74) is 3.87. The minimum atomic E-state index is 0.471. The molecule has 3 aromatic rings. The Kier molecular flexibility index (Phi) is 7.98. The van der Waals surface area contributed by atoms with E-state index in [0.29, 0.717) is 24.0 Å². The molecule has 0 aliphatic rings. The van der Waals surface area contributed by atoms with Crippen molar-refractivity contribution in [3.63, 3.8) is 0 Å². The van der Waals surface area contributed by atoms with Crippen molar-refractivity contribution in [2.45, 2.75) is 20.5 Å². The molecule has 0 aliphatic carbocycles. The van der Waals surface area contributed by atoms with Crippen LogP contribution >= 0.6 is 50.1 Å². The first-order chi connectivity index (χ1) is 14.0. The maximum Gasteiger partial charge on any atom is 0.175 e. The second-order valence-corrected chi connectivity index (χ2v) is 8.85. The highest BCUT2D eigenvalue weighted by molar-refractivity contribution is 14.1. The van der Waals surface area contributed by atoms with Crippen LogP contribution in [0, 0.1) is 10.5 Å². The zero-order valence-corrected chi connectivity index (χ0v) is 20.6. The first-order valence-corrected chi connectivity index (χ1v) is 11.3. The van der Waals surface area contributed by atoms with E-state index in [1.807, 2.05) is 74.7 Å². The largest absolute Gasteiger partial charge is 0.490 e. The van der Waals surface area contributed by atoms with Crippen LogP contribution in [0.15, 0.2) is 64.1 Å². The predicted octanol–water partition coefficient (Wildman–Crippen LogP) is 7.74. The van der Waals surface area contributed by atoms with Crippen molar-refractivity contribution in [3.05, 3.63) is 84.4 Å². The van der Waals surface area contributed by atoms with E-state index >= 15 is 0 Å². The molecule has 3 rings (SSSR count). The van der Waals surface area contributed by atoms with Crippen molar-refractivity contribution in [1.82, 2.24) is 0 Å². The van der Waals surface area contributed by atoms with E-state index in [9.17, 15) is 0 Å². The number of benzene rings is 3. The highest BCUT2D eigenvalue weighted by Crippen LogP contribution is 2.35. The zero-order valence-electron chi connectivity index (χ0n) is 16.1. The summed E-state index contributed by atoms with van der Waals surface area (Å²) in [5.74, 6) is 1.45. The molecular weight excluding hydrogens is 565 g/mol. The first-order valence-electron chi connectivity index (χ1n) is 9.10. The van der Waals surface area contributed by atoms with Gasteiger partial charge in [0.1, 0.15) is 6.61 Å². The first kappa shape index (κ1) is 22.1. The normalized spacial score (nSPS) is 11.1. The molecule has 6 heteroatoms. The maximum atomic E-state index is 6.19. The lowest BCUT2D eigenvalue weighted by Crippen LogP contribution is -2.02. The molecule has 0 radical (unpaired) electrons. The third kappa shape index (κ3) is 6.20. The second-order valence-electron chi connectivity index (χ2n) is 6.37. The lowest BCUT2D eigenvalue weighted by molar-refractivity contribution is 0.267. The Balaban J connectivity index is 1.82. The third-order valence-corrected chi connectivity index (χ3v) is 5.88. The lowest BCUT2D eigenvalue weighted by atomic mass is 10.2. The molecule has 0 unspecified atom stereocenters. The Morgan fingerprint density at radius 1 is 1.07 bits per heavy atom. The van der Waals surface area contributed by atoms with E-state index < -0.39 is 0 Å². The Bertz CT molecular complexity index is 1020. The number of nitrogens with zero attached hydrogens (tertiary/aromatic N) is 1. The van der Waals surface area contributed by atoms with Gasteiger partial charge in [-0.05, 0) is 89.5 Å². The maximum absolute atomic E-state index is 6.19. The summed E-state index contributed by atoms with van der Waals surface area (Å²) >= 11 is 11.9. The average molecular weight is 585 g/mol. The molecule has 0 saturated heterocycles. The third-order valence-electron chi connectivity index (χ3n) is 4.15. The van der Waals surface area contributed by atoms with Gasteiger partial charge in [-0.3, -0.25) is 4.99 Å². The van der Waals surface area contributed by atoms with Crippen LogP contribution in [0.4, 0.5) is 5.69 Å². The van der Waals surface area contributed by atoms with Crippen LogP contribution in [-0.4, -0.2) is 12.8 Å². The van der Waals surface area contributed by atoms with Gasteiger partial charge in [-0.1, -0.05) is 45.7 Å². The van der Waals surface area contributed by atoms with Gasteiger partial charge in [-0.25, -0.2) is 0 Å². The van der Waals surface area contributed by atoms with Crippen molar-refractivity contribution < 1.29 is 9.47 Å². The van der Waals surface area contributed by atoms with Gasteiger partial charge in [-0.15, -0.1) is 0 Å². The fraction of sp³-hybridized carbons (Fsp3) is 0.174. The zero-order chi connectivity index (χ0) is 20.8. The Morgan fingerprint density at radius 3 is 2.52 bits per heavy atom. The van der Waals surface area contributed by atoms with Gasteiger partial charge in [0.05, 0.1) is 15.9 Å². The predicted molar refractivity (Wildman–Crippen MR) is 132 cm³/mol. The highest BCUT2D eigenvalue weighted by atomic mass is 127. The number of ether oxygens (including phenoxy) is 2. The molecule has 0 saturated carbocycles. The van der Waals surface area contributed by atoms with Gasteiger partial charge in [0.15, 0.2) is 11.5 Å². The van der Waals surface area contributed by atoms with Gasteiger partial charge in [-0.2, -0.15) is 0 Å². The summed E-state index contributed by atoms with van der Waals surface area (Å²) in [4.78, 5) is 4.54. The van der Waals surface area contributed by atoms with E-state index in [0.717, 1.165) is 36.2 Å². The molecule has 0 atom stereocenters. The van der Waals surface area contributed by atoms with E-state index in [4.69, 9.17) is 21.1 Å². The van der Waals surface area contributed by atoms with Crippen LogP contribution in [0.2, 0.25) is 5.02 Å². The minimum Gasteiger partial charge on any atom is -0.490 e. The number of aliphatic imine (C=N–C) groups is 1. The summed E-state index contributed by atoms with van der Waals surface area (Å²) in [6.45, 7) is 4.96. The van der Waals surface area contributed by atoms with Crippen molar-refractivity contribution in [1.29, 1.82) is 0 Å². The van der Waals surface area contributed by atoms with Gasteiger partial charge >= 0.3 is 0 Å². The summed E-state index contributed by atoms with van der Waals surface area (Å²) in [6.07, 6.45) is 1.81. The fourth-order valence-corrected chi connectivity index (χ4v) is 3.83. The van der Waals surface area contributed by atoms with Gasteiger partial charge in [0.2, 0.25) is 0 Å². The second kappa shape index (κ2) is 10.5. The molecule has 0 spiro atoms. The SMILES string of the molecule is CCOc1cc(C=Nc2ccc(C)c(Cl)c2)cc(I)c1OCc1ccc(Br)cc1. The topological polar surface area (TPSA) is 30.8 Å². The summed E-state index contributed by atoms with van der Waals surface area (Å²) in [6, 6.07) is 17.8. The standard InChI is InChI=1S/C23H20BrClINO2/c1-3-28-22-11-17(13-27-19-9-4-15(2)20(25)12-19)10-21(26)23(22)29-14-16-5-7-18(24)8-6-16/h4-13H,3,14H2,1-2H3. The van der Waals surface area contributed by atoms with Crippen LogP contribution in [-0.2, 0) is 6.61 Å². The Hall–Kier alpha value is -1.57. The molecular formula is C23H20BrClINO2. The molecule has 29 heavy (non-hydrogen) atoms. The molecule has 3 nitrogen and oxygen atoms in total.